The van der Waals surface area contributed by atoms with E-state index >= 15 is 0 Å². The van der Waals surface area contributed by atoms with Crippen LogP contribution in [0, 0.1) is 0 Å². The molecule has 0 amide bonds. The Labute approximate surface area is 181 Å². The minimum absolute atomic E-state index is 0.400. The number of rotatable bonds is 6. The highest BCUT2D eigenvalue weighted by atomic mass is 16.7. The van der Waals surface area contributed by atoms with E-state index in [4.69, 9.17) is 23.7 Å². The zero-order valence-corrected chi connectivity index (χ0v) is 16.7. The largest absolute Gasteiger partial charge is 0.394 e. The molecule has 0 saturated carbocycles. The highest BCUT2D eigenvalue weighted by Gasteiger charge is 2.52. The average molecular weight is 474 g/mol. The standard InChI is InChI=1S/C17H30O15/c18-1-5-7(21)9(23)10(24)16(29-5)32-14-8(22)6(2-19)30-17(12(14)26)31-13-4(20)3-28-15(27)11(13)25/h4-27H,1-3H2/t4-,5-,6-,7-,8-,9+,10-,11-,12-,13+,14+,15-,16+,17+/m1/s1. The second-order valence-corrected chi connectivity index (χ2v) is 7.89. The van der Waals surface area contributed by atoms with Gasteiger partial charge in [-0.15, -0.1) is 0 Å². The SMILES string of the molecule is OC[C@H]1O[C@@H](O[C@@H]2[C@@H](O)[C@H](O[C@@H]3[C@@H](O)[C@H](O)OC[C@H]3O)O[C@H](CO)[C@H]2O)[C@H](O)[C@@H](O)[C@@H]1O. The van der Waals surface area contributed by atoms with Gasteiger partial charge in [0.15, 0.2) is 18.9 Å². The van der Waals surface area contributed by atoms with Gasteiger partial charge in [0.2, 0.25) is 0 Å². The van der Waals surface area contributed by atoms with Gasteiger partial charge in [0.1, 0.15) is 67.1 Å². The Balaban J connectivity index is 1.76. The quantitative estimate of drug-likeness (QED) is 0.172. The number of hydrogen-bond acceptors (Lipinski definition) is 15. The Morgan fingerprint density at radius 3 is 1.72 bits per heavy atom. The average Bonchev–Trinajstić information content (AvgIpc) is 2.78. The van der Waals surface area contributed by atoms with Crippen molar-refractivity contribution < 1.29 is 74.7 Å². The Bertz CT molecular complexity index is 594. The van der Waals surface area contributed by atoms with Gasteiger partial charge in [0, 0.05) is 0 Å². The number of aliphatic hydroxyl groups excluding tert-OH is 10. The first kappa shape index (κ1) is 26.0. The maximum Gasteiger partial charge on any atom is 0.187 e. The van der Waals surface area contributed by atoms with E-state index in [9.17, 15) is 51.1 Å². The first-order valence-electron chi connectivity index (χ1n) is 10.00. The number of aliphatic hydroxyl groups is 10. The van der Waals surface area contributed by atoms with Gasteiger partial charge in [-0.2, -0.15) is 0 Å². The summed E-state index contributed by atoms with van der Waals surface area (Å²) < 4.78 is 26.1. The second-order valence-electron chi connectivity index (χ2n) is 7.89. The van der Waals surface area contributed by atoms with Crippen molar-refractivity contribution >= 4 is 0 Å². The van der Waals surface area contributed by atoms with Crippen LogP contribution in [0.5, 0.6) is 0 Å². The topological polar surface area (TPSA) is 248 Å². The lowest BCUT2D eigenvalue weighted by Crippen LogP contribution is -2.66. The van der Waals surface area contributed by atoms with E-state index in [0.29, 0.717) is 0 Å². The molecule has 0 aromatic carbocycles. The molecule has 3 heterocycles. The van der Waals surface area contributed by atoms with Gasteiger partial charge in [0.05, 0.1) is 19.8 Å². The van der Waals surface area contributed by atoms with Gasteiger partial charge in [-0.25, -0.2) is 0 Å². The summed E-state index contributed by atoms with van der Waals surface area (Å²) >= 11 is 0. The minimum atomic E-state index is -1.85. The van der Waals surface area contributed by atoms with Gasteiger partial charge in [-0.05, 0) is 0 Å². The van der Waals surface area contributed by atoms with Crippen molar-refractivity contribution in [2.24, 2.45) is 0 Å². The molecule has 0 spiro atoms. The van der Waals surface area contributed by atoms with Gasteiger partial charge in [-0.3, -0.25) is 0 Å². The van der Waals surface area contributed by atoms with Crippen LogP contribution in [0.25, 0.3) is 0 Å². The lowest BCUT2D eigenvalue weighted by Gasteiger charge is -2.47. The zero-order valence-electron chi connectivity index (χ0n) is 16.7. The number of hydrogen-bond donors (Lipinski definition) is 10. The second kappa shape index (κ2) is 10.8. The third kappa shape index (κ3) is 5.07. The highest BCUT2D eigenvalue weighted by molar-refractivity contribution is 4.95. The third-order valence-electron chi connectivity index (χ3n) is 5.70. The molecule has 14 atom stereocenters. The summed E-state index contributed by atoms with van der Waals surface area (Å²) in [5, 5.41) is 99.5. The van der Waals surface area contributed by atoms with Crippen LogP contribution in [0.4, 0.5) is 0 Å². The lowest BCUT2D eigenvalue weighted by atomic mass is 9.96. The van der Waals surface area contributed by atoms with E-state index in [2.05, 4.69) is 0 Å². The molecule has 3 aliphatic rings. The molecule has 3 saturated heterocycles. The molecular formula is C17H30O15. The van der Waals surface area contributed by atoms with Crippen molar-refractivity contribution in [1.82, 2.24) is 0 Å². The first-order chi connectivity index (χ1) is 15.1. The van der Waals surface area contributed by atoms with Crippen molar-refractivity contribution in [2.75, 3.05) is 19.8 Å². The summed E-state index contributed by atoms with van der Waals surface area (Å²) in [7, 11) is 0. The monoisotopic (exact) mass is 474 g/mol. The predicted molar refractivity (Wildman–Crippen MR) is 95.2 cm³/mol. The predicted octanol–water partition coefficient (Wildman–Crippen LogP) is -6.93. The molecule has 0 aromatic heterocycles. The Kier molecular flexibility index (Phi) is 8.75. The molecule has 3 aliphatic heterocycles. The molecular weight excluding hydrogens is 444 g/mol. The van der Waals surface area contributed by atoms with E-state index in [1.807, 2.05) is 0 Å². The van der Waals surface area contributed by atoms with Crippen molar-refractivity contribution in [3.05, 3.63) is 0 Å². The summed E-state index contributed by atoms with van der Waals surface area (Å²) in [6.45, 7) is -1.91. The summed E-state index contributed by atoms with van der Waals surface area (Å²) in [6, 6.07) is 0. The van der Waals surface area contributed by atoms with E-state index < -0.39 is 106 Å². The Morgan fingerprint density at radius 2 is 1.12 bits per heavy atom. The summed E-state index contributed by atoms with van der Waals surface area (Å²) in [5.41, 5.74) is 0. The molecule has 15 nitrogen and oxygen atoms in total. The van der Waals surface area contributed by atoms with Crippen LogP contribution >= 0.6 is 0 Å². The summed E-state index contributed by atoms with van der Waals surface area (Å²) in [5.74, 6) is 0. The Hall–Kier alpha value is -0.600. The van der Waals surface area contributed by atoms with Crippen LogP contribution in [-0.4, -0.2) is 157 Å². The molecule has 3 rings (SSSR count). The van der Waals surface area contributed by atoms with Crippen LogP contribution in [0.2, 0.25) is 0 Å². The minimum Gasteiger partial charge on any atom is -0.394 e. The zero-order chi connectivity index (χ0) is 23.7. The first-order valence-corrected chi connectivity index (χ1v) is 10.00. The molecule has 188 valence electrons. The fourth-order valence-electron chi connectivity index (χ4n) is 3.77. The maximum absolute atomic E-state index is 10.7. The van der Waals surface area contributed by atoms with Crippen molar-refractivity contribution in [1.29, 1.82) is 0 Å². The van der Waals surface area contributed by atoms with Gasteiger partial charge < -0.3 is 74.7 Å². The Morgan fingerprint density at radius 1 is 0.594 bits per heavy atom. The van der Waals surface area contributed by atoms with Gasteiger partial charge in [-0.1, -0.05) is 0 Å². The molecule has 10 N–H and O–H groups in total. The molecule has 0 radical (unpaired) electrons. The van der Waals surface area contributed by atoms with Crippen molar-refractivity contribution in [2.45, 2.75) is 86.0 Å². The fraction of sp³-hybridized carbons (Fsp3) is 1.00. The van der Waals surface area contributed by atoms with E-state index in [0.717, 1.165) is 0 Å². The molecule has 0 aliphatic carbocycles. The molecule has 0 unspecified atom stereocenters. The van der Waals surface area contributed by atoms with Crippen molar-refractivity contribution in [3.8, 4) is 0 Å². The smallest absolute Gasteiger partial charge is 0.187 e. The molecule has 15 heteroatoms. The van der Waals surface area contributed by atoms with Crippen LogP contribution in [0.3, 0.4) is 0 Å². The highest BCUT2D eigenvalue weighted by Crippen LogP contribution is 2.31. The normalized spacial score (nSPS) is 52.7. The van der Waals surface area contributed by atoms with E-state index in [1.54, 1.807) is 0 Å². The third-order valence-corrected chi connectivity index (χ3v) is 5.70. The lowest BCUT2D eigenvalue weighted by molar-refractivity contribution is -0.375. The molecule has 0 aromatic rings. The van der Waals surface area contributed by atoms with Gasteiger partial charge >= 0.3 is 0 Å². The van der Waals surface area contributed by atoms with Crippen LogP contribution in [-0.2, 0) is 23.7 Å². The van der Waals surface area contributed by atoms with Gasteiger partial charge in [0.25, 0.3) is 0 Å². The van der Waals surface area contributed by atoms with E-state index in [1.165, 1.54) is 0 Å². The molecule has 3 fully saturated rings. The maximum atomic E-state index is 10.7. The van der Waals surface area contributed by atoms with Crippen LogP contribution in [0.15, 0.2) is 0 Å². The van der Waals surface area contributed by atoms with Crippen LogP contribution in [0.1, 0.15) is 0 Å². The molecule has 32 heavy (non-hydrogen) atoms. The molecule has 0 bridgehead atoms. The van der Waals surface area contributed by atoms with Crippen LogP contribution < -0.4 is 0 Å². The van der Waals surface area contributed by atoms with Crippen molar-refractivity contribution in [3.63, 3.8) is 0 Å². The summed E-state index contributed by atoms with van der Waals surface area (Å²) in [4.78, 5) is 0. The fourth-order valence-corrected chi connectivity index (χ4v) is 3.77. The summed E-state index contributed by atoms with van der Waals surface area (Å²) in [6.07, 6.45) is -22.9. The number of ether oxygens (including phenoxy) is 5. The van der Waals surface area contributed by atoms with E-state index in [-0.39, 0.29) is 0 Å².